The Labute approximate surface area is 155 Å². The van der Waals surface area contributed by atoms with E-state index < -0.39 is 0 Å². The molecule has 0 aliphatic carbocycles. The topological polar surface area (TPSA) is 66.1 Å². The van der Waals surface area contributed by atoms with Crippen molar-refractivity contribution in [1.29, 1.82) is 0 Å². The average Bonchev–Trinajstić information content (AvgIpc) is 3.20. The molecule has 0 aromatic heterocycles. The zero-order chi connectivity index (χ0) is 18.2. The van der Waals surface area contributed by atoms with Gasteiger partial charge in [-0.05, 0) is 25.0 Å². The van der Waals surface area contributed by atoms with Crippen molar-refractivity contribution in [2.45, 2.75) is 18.9 Å². The highest BCUT2D eigenvalue weighted by atomic mass is 16.5. The van der Waals surface area contributed by atoms with Gasteiger partial charge in [-0.3, -0.25) is 4.90 Å². The summed E-state index contributed by atoms with van der Waals surface area (Å²) in [6.07, 6.45) is 2.31. The highest BCUT2D eigenvalue weighted by Gasteiger charge is 2.19. The van der Waals surface area contributed by atoms with Crippen molar-refractivity contribution in [2.75, 3.05) is 64.4 Å². The van der Waals surface area contributed by atoms with Gasteiger partial charge in [0.15, 0.2) is 0 Å². The van der Waals surface area contributed by atoms with E-state index in [1.54, 1.807) is 7.11 Å². The number of hydrogen-bond acceptors (Lipinski definition) is 5. The highest BCUT2D eigenvalue weighted by molar-refractivity contribution is 5.73. The molecule has 1 unspecified atom stereocenters. The van der Waals surface area contributed by atoms with Gasteiger partial charge in [0.25, 0.3) is 0 Å². The molecule has 2 fully saturated rings. The van der Waals surface area contributed by atoms with Gasteiger partial charge in [-0.2, -0.15) is 0 Å². The lowest BCUT2D eigenvalue weighted by Crippen LogP contribution is -2.49. The number of ether oxygens (including phenoxy) is 2. The molecule has 2 N–H and O–H groups in total. The van der Waals surface area contributed by atoms with Crippen LogP contribution in [0.3, 0.4) is 0 Å². The molecule has 7 heteroatoms. The minimum absolute atomic E-state index is 0.104. The van der Waals surface area contributed by atoms with Crippen molar-refractivity contribution in [3.63, 3.8) is 0 Å². The Morgan fingerprint density at radius 1 is 1.23 bits per heavy atom. The monoisotopic (exact) mass is 362 g/mol. The number of carbonyl (C=O) groups is 1. The van der Waals surface area contributed by atoms with Gasteiger partial charge in [0.2, 0.25) is 0 Å². The number of rotatable bonds is 7. The van der Waals surface area contributed by atoms with E-state index in [0.717, 1.165) is 63.6 Å². The molecule has 7 nitrogen and oxygen atoms in total. The first-order chi connectivity index (χ1) is 12.8. The first kappa shape index (κ1) is 18.8. The summed E-state index contributed by atoms with van der Waals surface area (Å²) in [7, 11) is 1.71. The van der Waals surface area contributed by atoms with Gasteiger partial charge in [0.05, 0.1) is 18.9 Å². The second-order valence-corrected chi connectivity index (χ2v) is 6.77. The number of anilines is 1. The first-order valence-corrected chi connectivity index (χ1v) is 9.50. The van der Waals surface area contributed by atoms with Crippen LogP contribution in [0.5, 0.6) is 5.75 Å². The van der Waals surface area contributed by atoms with Crippen LogP contribution in [-0.2, 0) is 4.74 Å². The molecule has 144 valence electrons. The van der Waals surface area contributed by atoms with E-state index in [9.17, 15) is 4.79 Å². The zero-order valence-corrected chi connectivity index (χ0v) is 15.6. The summed E-state index contributed by atoms with van der Waals surface area (Å²) in [6, 6.07) is 8.04. The maximum absolute atomic E-state index is 11.8. The number of amides is 2. The molecule has 1 aromatic carbocycles. The number of carbonyl (C=O) groups excluding carboxylic acids is 1. The number of piperazine rings is 1. The fraction of sp³-hybridized carbons (Fsp3) is 0.632. The van der Waals surface area contributed by atoms with Gasteiger partial charge < -0.3 is 25.0 Å². The van der Waals surface area contributed by atoms with E-state index in [-0.39, 0.29) is 12.1 Å². The van der Waals surface area contributed by atoms with Crippen LogP contribution in [0.2, 0.25) is 0 Å². The smallest absolute Gasteiger partial charge is 0.314 e. The second-order valence-electron chi connectivity index (χ2n) is 6.77. The number of methoxy groups -OCH3 is 1. The van der Waals surface area contributed by atoms with E-state index in [4.69, 9.17) is 9.47 Å². The quantitative estimate of drug-likeness (QED) is 0.765. The van der Waals surface area contributed by atoms with E-state index in [1.165, 1.54) is 0 Å². The fourth-order valence-electron chi connectivity index (χ4n) is 3.51. The van der Waals surface area contributed by atoms with Crippen molar-refractivity contribution >= 4 is 11.7 Å². The molecule has 26 heavy (non-hydrogen) atoms. The number of nitrogens with zero attached hydrogens (tertiary/aromatic N) is 2. The van der Waals surface area contributed by atoms with Crippen molar-refractivity contribution in [3.8, 4) is 5.75 Å². The summed E-state index contributed by atoms with van der Waals surface area (Å²) in [5.41, 5.74) is 1.15. The van der Waals surface area contributed by atoms with Gasteiger partial charge in [-0.15, -0.1) is 0 Å². The van der Waals surface area contributed by atoms with Crippen LogP contribution in [0.25, 0.3) is 0 Å². The molecule has 2 aliphatic rings. The van der Waals surface area contributed by atoms with Crippen LogP contribution in [-0.4, -0.2) is 76.6 Å². The van der Waals surface area contributed by atoms with Crippen LogP contribution < -0.4 is 20.3 Å². The van der Waals surface area contributed by atoms with Crippen molar-refractivity contribution in [2.24, 2.45) is 0 Å². The summed E-state index contributed by atoms with van der Waals surface area (Å²) in [5.74, 6) is 0.922. The molecule has 2 aliphatic heterocycles. The summed E-state index contributed by atoms with van der Waals surface area (Å²) < 4.78 is 11.0. The summed E-state index contributed by atoms with van der Waals surface area (Å²) in [4.78, 5) is 16.6. The molecule has 2 saturated heterocycles. The molecule has 2 amide bonds. The number of benzene rings is 1. The third-order valence-electron chi connectivity index (χ3n) is 5.03. The Morgan fingerprint density at radius 2 is 2.04 bits per heavy atom. The zero-order valence-electron chi connectivity index (χ0n) is 15.6. The molecule has 0 saturated carbocycles. The van der Waals surface area contributed by atoms with E-state index in [0.29, 0.717) is 13.1 Å². The third kappa shape index (κ3) is 5.25. The minimum Gasteiger partial charge on any atom is -0.495 e. The van der Waals surface area contributed by atoms with Crippen molar-refractivity contribution < 1.29 is 14.3 Å². The average molecular weight is 362 g/mol. The van der Waals surface area contributed by atoms with Crippen LogP contribution in [0.1, 0.15) is 12.8 Å². The standard InChI is InChI=1S/C19H30N4O3/c1-25-18-7-3-2-6-17(18)23-12-10-22(11-13-23)9-8-20-19(24)21-15-16-5-4-14-26-16/h2-3,6-7,16H,4-5,8-15H2,1H3,(H2,20,21,24). The fourth-order valence-corrected chi connectivity index (χ4v) is 3.51. The number of hydrogen-bond donors (Lipinski definition) is 2. The van der Waals surface area contributed by atoms with Crippen LogP contribution >= 0.6 is 0 Å². The molecule has 2 heterocycles. The van der Waals surface area contributed by atoms with Gasteiger partial charge >= 0.3 is 6.03 Å². The number of urea groups is 1. The van der Waals surface area contributed by atoms with Gasteiger partial charge in [-0.1, -0.05) is 12.1 Å². The Morgan fingerprint density at radius 3 is 2.77 bits per heavy atom. The Kier molecular flexibility index (Phi) is 6.96. The second kappa shape index (κ2) is 9.64. The SMILES string of the molecule is COc1ccccc1N1CCN(CCNC(=O)NCC2CCCO2)CC1. The molecule has 0 bridgehead atoms. The minimum atomic E-state index is -0.104. The van der Waals surface area contributed by atoms with Gasteiger partial charge in [0, 0.05) is 52.4 Å². The predicted octanol–water partition coefficient (Wildman–Crippen LogP) is 1.30. The van der Waals surface area contributed by atoms with E-state index in [1.807, 2.05) is 18.2 Å². The molecule has 0 spiro atoms. The van der Waals surface area contributed by atoms with Crippen LogP contribution in [0, 0.1) is 0 Å². The summed E-state index contributed by atoms with van der Waals surface area (Å²) in [6.45, 7) is 6.84. The lowest BCUT2D eigenvalue weighted by Gasteiger charge is -2.36. The number of para-hydroxylation sites is 2. The third-order valence-corrected chi connectivity index (χ3v) is 5.03. The molecular formula is C19H30N4O3. The van der Waals surface area contributed by atoms with Gasteiger partial charge in [-0.25, -0.2) is 4.79 Å². The van der Waals surface area contributed by atoms with Crippen LogP contribution in [0.15, 0.2) is 24.3 Å². The Bertz CT molecular complexity index is 570. The van der Waals surface area contributed by atoms with Crippen molar-refractivity contribution in [3.05, 3.63) is 24.3 Å². The van der Waals surface area contributed by atoms with Crippen LogP contribution in [0.4, 0.5) is 10.5 Å². The lowest BCUT2D eigenvalue weighted by molar-refractivity contribution is 0.111. The van der Waals surface area contributed by atoms with Crippen molar-refractivity contribution in [1.82, 2.24) is 15.5 Å². The van der Waals surface area contributed by atoms with E-state index >= 15 is 0 Å². The number of nitrogens with one attached hydrogen (secondary N) is 2. The normalized spacial score (nSPS) is 20.8. The predicted molar refractivity (Wildman–Crippen MR) is 102 cm³/mol. The largest absolute Gasteiger partial charge is 0.495 e. The molecule has 1 atom stereocenters. The molecular weight excluding hydrogens is 332 g/mol. The first-order valence-electron chi connectivity index (χ1n) is 9.50. The Balaban J connectivity index is 1.32. The summed E-state index contributed by atoms with van der Waals surface area (Å²) >= 11 is 0. The lowest BCUT2D eigenvalue weighted by atomic mass is 10.2. The maximum Gasteiger partial charge on any atom is 0.314 e. The highest BCUT2D eigenvalue weighted by Crippen LogP contribution is 2.28. The maximum atomic E-state index is 11.8. The molecule has 1 aromatic rings. The molecule has 0 radical (unpaired) electrons. The Hall–Kier alpha value is -1.99. The van der Waals surface area contributed by atoms with Gasteiger partial charge in [0.1, 0.15) is 5.75 Å². The summed E-state index contributed by atoms with van der Waals surface area (Å²) in [5, 5.41) is 5.82. The molecule has 3 rings (SSSR count). The van der Waals surface area contributed by atoms with E-state index in [2.05, 4.69) is 26.5 Å².